The Morgan fingerprint density at radius 3 is 2.58 bits per heavy atom. The van der Waals surface area contributed by atoms with Crippen LogP contribution in [0.15, 0.2) is 84.1 Å². The Morgan fingerprint density at radius 2 is 1.82 bits per heavy atom. The van der Waals surface area contributed by atoms with Gasteiger partial charge in [0, 0.05) is 37.5 Å². The van der Waals surface area contributed by atoms with Crippen molar-refractivity contribution in [2.24, 2.45) is 0 Å². The summed E-state index contributed by atoms with van der Waals surface area (Å²) >= 11 is 0. The van der Waals surface area contributed by atoms with Crippen molar-refractivity contribution >= 4 is 27.4 Å². The quantitative estimate of drug-likeness (QED) is 0.334. The van der Waals surface area contributed by atoms with Gasteiger partial charge in [-0.2, -0.15) is 14.5 Å². The van der Waals surface area contributed by atoms with Gasteiger partial charge in [0.05, 0.1) is 22.5 Å². The first-order chi connectivity index (χ1) is 19.3. The Bertz CT molecular complexity index is 1810. The lowest BCUT2D eigenvalue weighted by Crippen LogP contribution is -2.38. The number of nitrogens with one attached hydrogen (secondary N) is 1. The van der Waals surface area contributed by atoms with E-state index in [1.54, 1.807) is 23.1 Å². The van der Waals surface area contributed by atoms with Crippen molar-refractivity contribution in [2.45, 2.75) is 30.6 Å². The number of sulfonamides is 1. The van der Waals surface area contributed by atoms with Crippen LogP contribution in [0, 0.1) is 12.7 Å². The zero-order valence-corrected chi connectivity index (χ0v) is 22.4. The number of hydrogen-bond donors (Lipinski definition) is 1. The molecular formula is C28H26FN7O3S. The van der Waals surface area contributed by atoms with Crippen LogP contribution < -0.4 is 5.32 Å². The summed E-state index contributed by atoms with van der Waals surface area (Å²) in [6, 6.07) is 16.4. The van der Waals surface area contributed by atoms with Crippen molar-refractivity contribution < 1.29 is 17.6 Å². The van der Waals surface area contributed by atoms with Crippen molar-refractivity contribution in [1.29, 1.82) is 0 Å². The third-order valence-corrected chi connectivity index (χ3v) is 8.97. The number of piperidine rings is 1. The number of anilines is 1. The molecule has 10 nitrogen and oxygen atoms in total. The number of aryl methyl sites for hydroxylation is 1. The van der Waals surface area contributed by atoms with Crippen LogP contribution in [0.5, 0.6) is 0 Å². The molecule has 204 valence electrons. The predicted molar refractivity (Wildman–Crippen MR) is 146 cm³/mol. The Hall–Kier alpha value is -4.42. The molecule has 6 rings (SSSR count). The van der Waals surface area contributed by atoms with E-state index in [0.717, 1.165) is 23.0 Å². The Morgan fingerprint density at radius 1 is 1.05 bits per heavy atom. The first-order valence-corrected chi connectivity index (χ1v) is 14.3. The number of fused-ring (bicyclic) bond motifs is 1. The molecule has 1 saturated heterocycles. The number of amides is 1. The molecule has 0 saturated carbocycles. The Kier molecular flexibility index (Phi) is 6.64. The molecule has 1 amide bonds. The number of aromatic nitrogens is 5. The second-order valence-electron chi connectivity index (χ2n) is 9.74. The van der Waals surface area contributed by atoms with Crippen molar-refractivity contribution in [3.63, 3.8) is 0 Å². The second-order valence-corrected chi connectivity index (χ2v) is 11.7. The third-order valence-electron chi connectivity index (χ3n) is 7.08. The molecule has 4 heterocycles. The summed E-state index contributed by atoms with van der Waals surface area (Å²) in [5.41, 5.74) is 3.38. The van der Waals surface area contributed by atoms with Gasteiger partial charge >= 0.3 is 0 Å². The predicted octanol–water partition coefficient (Wildman–Crippen LogP) is 4.18. The monoisotopic (exact) mass is 559 g/mol. The largest absolute Gasteiger partial charge is 0.306 e. The van der Waals surface area contributed by atoms with E-state index in [2.05, 4.69) is 15.4 Å². The molecular weight excluding hydrogens is 533 g/mol. The molecule has 0 radical (unpaired) electrons. The maximum atomic E-state index is 13.7. The highest BCUT2D eigenvalue weighted by atomic mass is 32.2. The minimum Gasteiger partial charge on any atom is -0.306 e. The maximum Gasteiger partial charge on any atom is 0.262 e. The van der Waals surface area contributed by atoms with Gasteiger partial charge < -0.3 is 5.32 Å². The smallest absolute Gasteiger partial charge is 0.262 e. The van der Waals surface area contributed by atoms with E-state index in [4.69, 9.17) is 5.10 Å². The molecule has 1 aliphatic rings. The molecule has 40 heavy (non-hydrogen) atoms. The minimum absolute atomic E-state index is 0.0278. The van der Waals surface area contributed by atoms with Gasteiger partial charge in [0.25, 0.3) is 5.91 Å². The van der Waals surface area contributed by atoms with Crippen molar-refractivity contribution in [2.75, 3.05) is 18.4 Å². The van der Waals surface area contributed by atoms with Gasteiger partial charge in [-0.05, 0) is 56.2 Å². The molecule has 0 bridgehead atoms. The van der Waals surface area contributed by atoms with E-state index < -0.39 is 15.8 Å². The molecule has 1 N–H and O–H groups in total. The lowest BCUT2D eigenvalue weighted by atomic mass is 9.95. The van der Waals surface area contributed by atoms with Gasteiger partial charge in [0.15, 0.2) is 5.65 Å². The summed E-state index contributed by atoms with van der Waals surface area (Å²) in [6.07, 6.45) is 5.85. The van der Waals surface area contributed by atoms with E-state index >= 15 is 0 Å². The van der Waals surface area contributed by atoms with Gasteiger partial charge in [0.2, 0.25) is 10.0 Å². The van der Waals surface area contributed by atoms with Gasteiger partial charge in [0.1, 0.15) is 17.2 Å². The van der Waals surface area contributed by atoms with Crippen LogP contribution in [-0.2, 0) is 10.0 Å². The van der Waals surface area contributed by atoms with Crippen LogP contribution in [0.25, 0.3) is 11.3 Å². The average molecular weight is 560 g/mol. The molecule has 0 aliphatic carbocycles. The van der Waals surface area contributed by atoms with Crippen LogP contribution in [0.1, 0.15) is 40.4 Å². The van der Waals surface area contributed by atoms with Crippen LogP contribution >= 0.6 is 0 Å². The third kappa shape index (κ3) is 4.87. The Labute approximate surface area is 230 Å². The molecule has 0 spiro atoms. The molecule has 3 aromatic heterocycles. The number of hydrogen-bond acceptors (Lipinski definition) is 6. The van der Waals surface area contributed by atoms with Crippen LogP contribution in [0.4, 0.5) is 10.2 Å². The van der Waals surface area contributed by atoms with Gasteiger partial charge in [-0.3, -0.25) is 4.79 Å². The van der Waals surface area contributed by atoms with Gasteiger partial charge in [-0.15, -0.1) is 0 Å². The number of carbonyl (C=O) groups is 1. The number of benzene rings is 2. The molecule has 1 aliphatic heterocycles. The summed E-state index contributed by atoms with van der Waals surface area (Å²) < 4.78 is 44.4. The number of halogens is 1. The van der Waals surface area contributed by atoms with E-state index in [9.17, 15) is 17.6 Å². The first-order valence-electron chi connectivity index (χ1n) is 12.8. The highest BCUT2D eigenvalue weighted by Gasteiger charge is 2.32. The summed E-state index contributed by atoms with van der Waals surface area (Å²) in [7, 11) is -3.80. The Balaban J connectivity index is 1.26. The van der Waals surface area contributed by atoms with E-state index in [1.807, 2.05) is 37.3 Å². The number of nitrogens with zero attached hydrogens (tertiary/aromatic N) is 6. The van der Waals surface area contributed by atoms with Crippen molar-refractivity contribution in [1.82, 2.24) is 28.7 Å². The maximum absolute atomic E-state index is 13.7. The van der Waals surface area contributed by atoms with Crippen LogP contribution in [0.3, 0.4) is 0 Å². The number of carbonyl (C=O) groups excluding carboxylic acids is 1. The SMILES string of the molecule is Cc1ccc(-n2nc(C3CCN(S(=O)(=O)c4cccc(F)c4)CC3)cc2NC(=O)c2cnn3cccnc23)cc1. The van der Waals surface area contributed by atoms with Gasteiger partial charge in [-0.25, -0.2) is 27.0 Å². The van der Waals surface area contributed by atoms with Crippen LogP contribution in [-0.4, -0.2) is 56.1 Å². The molecule has 5 aromatic rings. The lowest BCUT2D eigenvalue weighted by molar-refractivity contribution is 0.102. The fourth-order valence-electron chi connectivity index (χ4n) is 4.91. The van der Waals surface area contributed by atoms with E-state index in [-0.39, 0.29) is 29.8 Å². The highest BCUT2D eigenvalue weighted by molar-refractivity contribution is 7.89. The van der Waals surface area contributed by atoms with Crippen molar-refractivity contribution in [3.8, 4) is 5.69 Å². The fraction of sp³-hybridized carbons (Fsp3) is 0.214. The summed E-state index contributed by atoms with van der Waals surface area (Å²) in [6.45, 7) is 2.54. The zero-order chi connectivity index (χ0) is 27.9. The molecule has 0 unspecified atom stereocenters. The number of rotatable bonds is 6. The molecule has 2 aromatic carbocycles. The van der Waals surface area contributed by atoms with Crippen molar-refractivity contribution in [3.05, 3.63) is 102 Å². The normalized spacial score (nSPS) is 14.9. The van der Waals surface area contributed by atoms with E-state index in [1.165, 1.54) is 33.2 Å². The summed E-state index contributed by atoms with van der Waals surface area (Å²) in [5, 5.41) is 12.0. The van der Waals surface area contributed by atoms with Gasteiger partial charge in [-0.1, -0.05) is 23.8 Å². The first kappa shape index (κ1) is 25.8. The van der Waals surface area contributed by atoms with Crippen LogP contribution in [0.2, 0.25) is 0 Å². The average Bonchev–Trinajstić information content (AvgIpc) is 3.58. The minimum atomic E-state index is -3.80. The topological polar surface area (TPSA) is 114 Å². The summed E-state index contributed by atoms with van der Waals surface area (Å²) in [5.74, 6) is -0.509. The fourth-order valence-corrected chi connectivity index (χ4v) is 6.41. The summed E-state index contributed by atoms with van der Waals surface area (Å²) in [4.78, 5) is 17.5. The molecule has 1 fully saturated rings. The molecule has 12 heteroatoms. The van der Waals surface area contributed by atoms with E-state index in [0.29, 0.717) is 29.9 Å². The molecule has 0 atom stereocenters. The standard InChI is InChI=1S/C28H26FN7O3S/c1-19-6-8-22(9-7-19)36-26(32-28(37)24-18-31-35-13-3-12-30-27(24)35)17-25(33-36)20-10-14-34(15-11-20)40(38,39)23-5-2-4-21(29)16-23/h2-9,12-13,16-18,20H,10-11,14-15H2,1H3,(H,32,37). The zero-order valence-electron chi connectivity index (χ0n) is 21.6. The lowest BCUT2D eigenvalue weighted by Gasteiger charge is -2.30. The second kappa shape index (κ2) is 10.3. The highest BCUT2D eigenvalue weighted by Crippen LogP contribution is 2.32.